The highest BCUT2D eigenvalue weighted by molar-refractivity contribution is 5.96. The summed E-state index contributed by atoms with van der Waals surface area (Å²) in [7, 11) is 1.49. The van der Waals surface area contributed by atoms with Crippen LogP contribution in [0.15, 0.2) is 36.4 Å². The highest BCUT2D eigenvalue weighted by Gasteiger charge is 2.13. The van der Waals surface area contributed by atoms with E-state index < -0.39 is 24.3 Å². The van der Waals surface area contributed by atoms with Crippen LogP contribution in [-0.2, 0) is 9.53 Å². The molecule has 0 saturated heterocycles. The van der Waals surface area contributed by atoms with E-state index in [2.05, 4.69) is 5.32 Å². The number of amides is 1. The Bertz CT molecular complexity index is 774. The van der Waals surface area contributed by atoms with Crippen molar-refractivity contribution in [1.82, 2.24) is 0 Å². The van der Waals surface area contributed by atoms with Gasteiger partial charge in [-0.2, -0.15) is 0 Å². The van der Waals surface area contributed by atoms with Gasteiger partial charge in [0.05, 0.1) is 18.4 Å². The molecular weight excluding hydrogens is 313 g/mol. The van der Waals surface area contributed by atoms with Gasteiger partial charge in [0, 0.05) is 0 Å². The third-order valence-corrected chi connectivity index (χ3v) is 3.37. The summed E-state index contributed by atoms with van der Waals surface area (Å²) in [5.74, 6) is -1.28. The Balaban J connectivity index is 1.97. The molecule has 0 aliphatic heterocycles. The number of ether oxygens (including phenoxy) is 2. The maximum Gasteiger partial charge on any atom is 0.338 e. The van der Waals surface area contributed by atoms with Crippen molar-refractivity contribution in [2.24, 2.45) is 0 Å². The second-order valence-corrected chi connectivity index (χ2v) is 5.29. The standard InChI is InChI=1S/C18H18FNO4/c1-11-4-7-16(23-3)15(8-11)20-17(21)10-24-18(22)13-6-5-12(2)14(19)9-13/h4-9H,10H2,1-3H3,(H,20,21). The van der Waals surface area contributed by atoms with Crippen LogP contribution in [0.1, 0.15) is 21.5 Å². The molecule has 24 heavy (non-hydrogen) atoms. The fourth-order valence-corrected chi connectivity index (χ4v) is 2.04. The van der Waals surface area contributed by atoms with Crippen LogP contribution in [0.2, 0.25) is 0 Å². The summed E-state index contributed by atoms with van der Waals surface area (Å²) in [6.07, 6.45) is 0. The molecule has 0 aromatic heterocycles. The van der Waals surface area contributed by atoms with Crippen LogP contribution >= 0.6 is 0 Å². The number of nitrogens with one attached hydrogen (secondary N) is 1. The van der Waals surface area contributed by atoms with E-state index in [0.717, 1.165) is 11.6 Å². The maximum atomic E-state index is 13.4. The van der Waals surface area contributed by atoms with Gasteiger partial charge in [-0.05, 0) is 49.2 Å². The summed E-state index contributed by atoms with van der Waals surface area (Å²) in [5, 5.41) is 2.61. The SMILES string of the molecule is COc1ccc(C)cc1NC(=O)COC(=O)c1ccc(C)c(F)c1. The summed E-state index contributed by atoms with van der Waals surface area (Å²) in [6.45, 7) is 2.99. The summed E-state index contributed by atoms with van der Waals surface area (Å²) in [5.41, 5.74) is 1.91. The number of halogens is 1. The zero-order chi connectivity index (χ0) is 17.7. The highest BCUT2D eigenvalue weighted by atomic mass is 19.1. The second-order valence-electron chi connectivity index (χ2n) is 5.29. The number of carbonyl (C=O) groups excluding carboxylic acids is 2. The number of aryl methyl sites for hydroxylation is 2. The summed E-state index contributed by atoms with van der Waals surface area (Å²) < 4.78 is 23.5. The van der Waals surface area contributed by atoms with Gasteiger partial charge in [-0.1, -0.05) is 12.1 Å². The minimum atomic E-state index is -0.764. The number of benzene rings is 2. The van der Waals surface area contributed by atoms with Crippen LogP contribution in [0, 0.1) is 19.7 Å². The Morgan fingerprint density at radius 1 is 1.12 bits per heavy atom. The van der Waals surface area contributed by atoms with Gasteiger partial charge >= 0.3 is 5.97 Å². The lowest BCUT2D eigenvalue weighted by Crippen LogP contribution is -2.21. The molecule has 0 atom stereocenters. The van der Waals surface area contributed by atoms with Crippen LogP contribution < -0.4 is 10.1 Å². The van der Waals surface area contributed by atoms with E-state index in [-0.39, 0.29) is 5.56 Å². The molecule has 126 valence electrons. The number of esters is 1. The van der Waals surface area contributed by atoms with Crippen molar-refractivity contribution in [2.75, 3.05) is 19.0 Å². The quantitative estimate of drug-likeness (QED) is 0.854. The predicted molar refractivity (Wildman–Crippen MR) is 87.8 cm³/mol. The lowest BCUT2D eigenvalue weighted by molar-refractivity contribution is -0.119. The van der Waals surface area contributed by atoms with E-state index in [1.807, 2.05) is 13.0 Å². The molecule has 0 spiro atoms. The number of carbonyl (C=O) groups is 2. The number of methoxy groups -OCH3 is 1. The number of rotatable bonds is 5. The van der Waals surface area contributed by atoms with Gasteiger partial charge in [0.2, 0.25) is 0 Å². The van der Waals surface area contributed by atoms with Crippen LogP contribution in [-0.4, -0.2) is 25.6 Å². The molecule has 2 aromatic rings. The Kier molecular flexibility index (Phi) is 5.52. The second kappa shape index (κ2) is 7.59. The smallest absolute Gasteiger partial charge is 0.338 e. The molecule has 0 saturated carbocycles. The molecule has 0 aliphatic rings. The van der Waals surface area contributed by atoms with Crippen LogP contribution in [0.4, 0.5) is 10.1 Å². The van der Waals surface area contributed by atoms with E-state index in [9.17, 15) is 14.0 Å². The fraction of sp³-hybridized carbons (Fsp3) is 0.222. The molecular formula is C18H18FNO4. The van der Waals surface area contributed by atoms with E-state index in [1.54, 1.807) is 19.1 Å². The topological polar surface area (TPSA) is 64.6 Å². The van der Waals surface area contributed by atoms with Gasteiger partial charge in [-0.15, -0.1) is 0 Å². The number of anilines is 1. The van der Waals surface area contributed by atoms with Gasteiger partial charge < -0.3 is 14.8 Å². The Labute approximate surface area is 139 Å². The summed E-state index contributed by atoms with van der Waals surface area (Å²) >= 11 is 0. The molecule has 1 N–H and O–H groups in total. The predicted octanol–water partition coefficient (Wildman–Crippen LogP) is 3.25. The highest BCUT2D eigenvalue weighted by Crippen LogP contribution is 2.25. The molecule has 2 aromatic carbocycles. The largest absolute Gasteiger partial charge is 0.495 e. The van der Waals surface area contributed by atoms with Crippen LogP contribution in [0.25, 0.3) is 0 Å². The summed E-state index contributed by atoms with van der Waals surface area (Å²) in [6, 6.07) is 9.32. The van der Waals surface area contributed by atoms with Crippen molar-refractivity contribution < 1.29 is 23.5 Å². The number of hydrogen-bond donors (Lipinski definition) is 1. The third kappa shape index (κ3) is 4.32. The number of hydrogen-bond acceptors (Lipinski definition) is 4. The lowest BCUT2D eigenvalue weighted by atomic mass is 10.1. The lowest BCUT2D eigenvalue weighted by Gasteiger charge is -2.11. The minimum absolute atomic E-state index is 0.0547. The first kappa shape index (κ1) is 17.5. The maximum absolute atomic E-state index is 13.4. The molecule has 6 heteroatoms. The monoisotopic (exact) mass is 331 g/mol. The first-order chi connectivity index (χ1) is 11.4. The Morgan fingerprint density at radius 2 is 1.88 bits per heavy atom. The Hall–Kier alpha value is -2.89. The zero-order valence-electron chi connectivity index (χ0n) is 13.7. The molecule has 0 fully saturated rings. The molecule has 0 unspecified atom stereocenters. The molecule has 5 nitrogen and oxygen atoms in total. The van der Waals surface area contributed by atoms with Crippen molar-refractivity contribution in [3.8, 4) is 5.75 Å². The Morgan fingerprint density at radius 3 is 2.54 bits per heavy atom. The van der Waals surface area contributed by atoms with E-state index in [1.165, 1.54) is 19.2 Å². The van der Waals surface area contributed by atoms with E-state index in [4.69, 9.17) is 9.47 Å². The molecule has 2 rings (SSSR count). The molecule has 0 aliphatic carbocycles. The van der Waals surface area contributed by atoms with Gasteiger partial charge in [0.15, 0.2) is 6.61 Å². The van der Waals surface area contributed by atoms with Gasteiger partial charge in [-0.3, -0.25) is 4.79 Å². The van der Waals surface area contributed by atoms with Crippen molar-refractivity contribution in [3.63, 3.8) is 0 Å². The van der Waals surface area contributed by atoms with Crippen molar-refractivity contribution >= 4 is 17.6 Å². The van der Waals surface area contributed by atoms with E-state index >= 15 is 0 Å². The van der Waals surface area contributed by atoms with Gasteiger partial charge in [0.25, 0.3) is 5.91 Å². The molecule has 1 amide bonds. The zero-order valence-corrected chi connectivity index (χ0v) is 13.7. The molecule has 0 radical (unpaired) electrons. The van der Waals surface area contributed by atoms with Crippen LogP contribution in [0.5, 0.6) is 5.75 Å². The molecule has 0 heterocycles. The molecule has 0 bridgehead atoms. The van der Waals surface area contributed by atoms with Crippen molar-refractivity contribution in [1.29, 1.82) is 0 Å². The van der Waals surface area contributed by atoms with E-state index in [0.29, 0.717) is 17.0 Å². The van der Waals surface area contributed by atoms with Gasteiger partial charge in [-0.25, -0.2) is 9.18 Å². The normalized spacial score (nSPS) is 10.2. The minimum Gasteiger partial charge on any atom is -0.495 e. The average Bonchev–Trinajstić information content (AvgIpc) is 2.55. The first-order valence-corrected chi connectivity index (χ1v) is 7.28. The average molecular weight is 331 g/mol. The van der Waals surface area contributed by atoms with Gasteiger partial charge in [0.1, 0.15) is 11.6 Å². The van der Waals surface area contributed by atoms with Crippen LogP contribution in [0.3, 0.4) is 0 Å². The first-order valence-electron chi connectivity index (χ1n) is 7.28. The third-order valence-electron chi connectivity index (χ3n) is 3.37. The fourth-order valence-electron chi connectivity index (χ4n) is 2.04. The summed E-state index contributed by atoms with van der Waals surface area (Å²) in [4.78, 5) is 23.8. The van der Waals surface area contributed by atoms with Crippen molar-refractivity contribution in [2.45, 2.75) is 13.8 Å². The van der Waals surface area contributed by atoms with Crippen molar-refractivity contribution in [3.05, 3.63) is 58.9 Å².